The average molecular weight is 852 g/mol. The van der Waals surface area contributed by atoms with E-state index in [1.807, 2.05) is 33.3 Å². The van der Waals surface area contributed by atoms with Gasteiger partial charge in [-0.15, -0.1) is 0 Å². The highest BCUT2D eigenvalue weighted by Gasteiger charge is 2.22. The molecule has 0 bridgehead atoms. The maximum Gasteiger partial charge on any atom is 0.306 e. The zero-order chi connectivity index (χ0) is 43.7. The molecule has 0 aliphatic heterocycles. The molecule has 0 aromatic rings. The Bertz CT molecular complexity index is 1210. The summed E-state index contributed by atoms with van der Waals surface area (Å²) in [5, 5.41) is 10.3. The molecule has 0 amide bonds. The van der Waals surface area contributed by atoms with Crippen LogP contribution in [-0.4, -0.2) is 81.2 Å². The van der Waals surface area contributed by atoms with E-state index in [1.165, 1.54) is 77.0 Å². The Morgan fingerprint density at radius 2 is 1.14 bits per heavy atom. The molecule has 10 nitrogen and oxygen atoms in total. The van der Waals surface area contributed by atoms with Crippen molar-refractivity contribution in [2.24, 2.45) is 0 Å². The van der Waals surface area contributed by atoms with Crippen LogP contribution >= 0.6 is 7.82 Å². The lowest BCUT2D eigenvalue weighted by molar-refractivity contribution is -0.870. The van der Waals surface area contributed by atoms with Crippen molar-refractivity contribution in [2.75, 3.05) is 47.5 Å². The molecule has 1 N–H and O–H groups in total. The van der Waals surface area contributed by atoms with Crippen LogP contribution in [0.4, 0.5) is 0 Å². The molecule has 0 rings (SSSR count). The molecular weight excluding hydrogens is 766 g/mol. The number of likely N-dealkylation sites (N-methyl/N-ethyl adjacent to an activating group) is 1. The predicted molar refractivity (Wildman–Crippen MR) is 242 cm³/mol. The van der Waals surface area contributed by atoms with Gasteiger partial charge in [0.1, 0.15) is 19.8 Å². The minimum absolute atomic E-state index is 0.0490. The summed E-state index contributed by atoms with van der Waals surface area (Å²) in [7, 11) is 1.05. The van der Waals surface area contributed by atoms with Crippen LogP contribution in [0.2, 0.25) is 0 Å². The molecular formula is C48H86NO9P. The minimum Gasteiger partial charge on any atom is -0.756 e. The van der Waals surface area contributed by atoms with E-state index in [-0.39, 0.29) is 26.1 Å². The molecule has 0 spiro atoms. The van der Waals surface area contributed by atoms with Gasteiger partial charge in [0.15, 0.2) is 6.10 Å². The monoisotopic (exact) mass is 852 g/mol. The van der Waals surface area contributed by atoms with Crippen LogP contribution in [-0.2, 0) is 32.7 Å². The summed E-state index contributed by atoms with van der Waals surface area (Å²) >= 11 is 0. The number of unbranched alkanes of at least 4 members (excludes halogenated alkanes) is 16. The first-order chi connectivity index (χ1) is 28.4. The number of allylic oxidation sites excluding steroid dienone is 9. The fourth-order valence-electron chi connectivity index (χ4n) is 5.93. The number of esters is 2. The topological polar surface area (TPSA) is 131 Å². The highest BCUT2D eigenvalue weighted by atomic mass is 31.2. The summed E-state index contributed by atoms with van der Waals surface area (Å²) in [5.74, 6) is -1.04. The second kappa shape index (κ2) is 39.8. The first kappa shape index (κ1) is 56.7. The lowest BCUT2D eigenvalue weighted by Crippen LogP contribution is -2.37. The minimum atomic E-state index is -4.67. The fourth-order valence-corrected chi connectivity index (χ4v) is 6.66. The van der Waals surface area contributed by atoms with Crippen LogP contribution in [0.15, 0.2) is 60.8 Å². The standard InChI is InChI=1S/C48H86NO9P/c1-6-8-10-12-14-16-18-20-21-22-23-25-27-29-31-33-35-39-48(52)58-46(44-57-59(53,54)56-42-41-49(3,4)5)43-55-47(51)40-36-38-45(50)37-34-32-30-28-26-24-19-17-15-13-11-9-7-2/h14,16,20-21,24,26,30,32,34,37,45-46,50H,6-13,15,17-19,22-23,25,27-29,31,33,35-36,38-44H2,1-5H3/b16-14-,21-20-,26-24+,32-30+,37-34+/t45?,46-/m1/s1. The van der Waals surface area contributed by atoms with E-state index >= 15 is 0 Å². The molecule has 0 saturated heterocycles. The van der Waals surface area contributed by atoms with Crippen LogP contribution in [0, 0.1) is 0 Å². The number of hydrogen-bond acceptors (Lipinski definition) is 9. The number of aliphatic hydroxyl groups is 1. The van der Waals surface area contributed by atoms with E-state index in [4.69, 9.17) is 18.5 Å². The van der Waals surface area contributed by atoms with E-state index < -0.39 is 38.6 Å². The Morgan fingerprint density at radius 3 is 1.73 bits per heavy atom. The summed E-state index contributed by atoms with van der Waals surface area (Å²) in [6, 6.07) is 0. The van der Waals surface area contributed by atoms with E-state index in [0.29, 0.717) is 30.3 Å². The Hall–Kier alpha value is -2.33. The number of aliphatic hydroxyl groups excluding tert-OH is 1. The molecule has 342 valence electrons. The first-order valence-electron chi connectivity index (χ1n) is 23.1. The van der Waals surface area contributed by atoms with Crippen molar-refractivity contribution in [2.45, 2.75) is 187 Å². The summed E-state index contributed by atoms with van der Waals surface area (Å²) in [5.41, 5.74) is 0. The SMILES string of the molecule is CCCCC/C=C\C/C=C\CCCCCCCCCC(=O)O[C@H](COC(=O)CCCC(O)/C=C/C=C/C/C=C/CCCCCCCC)COP(=O)([O-])OCC[N+](C)(C)C. The van der Waals surface area contributed by atoms with Crippen LogP contribution in [0.5, 0.6) is 0 Å². The van der Waals surface area contributed by atoms with Crippen LogP contribution < -0.4 is 4.89 Å². The molecule has 0 aromatic heterocycles. The van der Waals surface area contributed by atoms with Gasteiger partial charge in [0, 0.05) is 12.8 Å². The number of nitrogens with zero attached hydrogens (tertiary/aromatic N) is 1. The van der Waals surface area contributed by atoms with Crippen molar-refractivity contribution in [1.29, 1.82) is 0 Å². The van der Waals surface area contributed by atoms with Gasteiger partial charge < -0.3 is 33.0 Å². The van der Waals surface area contributed by atoms with Crippen molar-refractivity contribution in [3.8, 4) is 0 Å². The highest BCUT2D eigenvalue weighted by Crippen LogP contribution is 2.38. The molecule has 0 saturated carbocycles. The van der Waals surface area contributed by atoms with Crippen molar-refractivity contribution in [3.63, 3.8) is 0 Å². The number of quaternary nitrogens is 1. The largest absolute Gasteiger partial charge is 0.756 e. The maximum absolute atomic E-state index is 12.7. The Labute approximate surface area is 360 Å². The van der Waals surface area contributed by atoms with Crippen molar-refractivity contribution in [3.05, 3.63) is 60.8 Å². The second-order valence-corrected chi connectivity index (χ2v) is 18.0. The molecule has 0 heterocycles. The Kier molecular flexibility index (Phi) is 38.2. The van der Waals surface area contributed by atoms with Gasteiger partial charge in [0.2, 0.25) is 0 Å². The first-order valence-corrected chi connectivity index (χ1v) is 24.6. The van der Waals surface area contributed by atoms with E-state index in [0.717, 1.165) is 51.4 Å². The van der Waals surface area contributed by atoms with Gasteiger partial charge in [-0.1, -0.05) is 152 Å². The smallest absolute Gasteiger partial charge is 0.306 e. The molecule has 2 unspecified atom stereocenters. The van der Waals surface area contributed by atoms with Crippen LogP contribution in [0.3, 0.4) is 0 Å². The third-order valence-electron chi connectivity index (χ3n) is 9.61. The zero-order valence-electron chi connectivity index (χ0n) is 38.0. The van der Waals surface area contributed by atoms with Gasteiger partial charge in [-0.3, -0.25) is 14.2 Å². The zero-order valence-corrected chi connectivity index (χ0v) is 38.9. The fraction of sp³-hybridized carbons (Fsp3) is 0.750. The van der Waals surface area contributed by atoms with Gasteiger partial charge in [0.05, 0.1) is 33.9 Å². The number of ether oxygens (including phenoxy) is 2. The number of phosphoric ester groups is 1. The van der Waals surface area contributed by atoms with Crippen molar-refractivity contribution >= 4 is 19.8 Å². The van der Waals surface area contributed by atoms with Crippen LogP contribution in [0.1, 0.15) is 174 Å². The number of phosphoric acid groups is 1. The predicted octanol–water partition coefficient (Wildman–Crippen LogP) is 11.6. The van der Waals surface area contributed by atoms with Crippen LogP contribution in [0.25, 0.3) is 0 Å². The Balaban J connectivity index is 4.53. The van der Waals surface area contributed by atoms with E-state index in [1.54, 1.807) is 12.2 Å². The molecule has 0 fully saturated rings. The molecule has 0 aliphatic rings. The van der Waals surface area contributed by atoms with Gasteiger partial charge >= 0.3 is 11.9 Å². The van der Waals surface area contributed by atoms with Crippen molar-refractivity contribution < 1.29 is 47.2 Å². The summed E-state index contributed by atoms with van der Waals surface area (Å²) in [6.07, 6.45) is 44.2. The molecule has 59 heavy (non-hydrogen) atoms. The number of carbonyl (C=O) groups is 2. The van der Waals surface area contributed by atoms with Gasteiger partial charge in [-0.2, -0.15) is 0 Å². The Morgan fingerprint density at radius 1 is 0.627 bits per heavy atom. The molecule has 0 aliphatic carbocycles. The maximum atomic E-state index is 12.7. The molecule has 11 heteroatoms. The average Bonchev–Trinajstić information content (AvgIpc) is 3.18. The van der Waals surface area contributed by atoms with E-state index in [9.17, 15) is 24.2 Å². The highest BCUT2D eigenvalue weighted by molar-refractivity contribution is 7.45. The summed E-state index contributed by atoms with van der Waals surface area (Å²) < 4.78 is 33.8. The number of hydrogen-bond donors (Lipinski definition) is 1. The summed E-state index contributed by atoms with van der Waals surface area (Å²) in [4.78, 5) is 37.6. The number of rotatable bonds is 41. The third kappa shape index (κ3) is 43.6. The quantitative estimate of drug-likeness (QED) is 0.0159. The van der Waals surface area contributed by atoms with Crippen molar-refractivity contribution in [1.82, 2.24) is 0 Å². The van der Waals surface area contributed by atoms with Gasteiger partial charge in [0.25, 0.3) is 7.82 Å². The lowest BCUT2D eigenvalue weighted by Gasteiger charge is -2.28. The normalized spacial score (nSPS) is 14.6. The molecule has 3 atom stereocenters. The lowest BCUT2D eigenvalue weighted by atomic mass is 10.1. The van der Waals surface area contributed by atoms with Gasteiger partial charge in [-0.25, -0.2) is 0 Å². The summed E-state index contributed by atoms with van der Waals surface area (Å²) in [6.45, 7) is 3.96. The number of carbonyl (C=O) groups excluding carboxylic acids is 2. The van der Waals surface area contributed by atoms with E-state index in [2.05, 4.69) is 50.3 Å². The molecule has 0 radical (unpaired) electrons. The third-order valence-corrected chi connectivity index (χ3v) is 10.6. The molecule has 0 aromatic carbocycles. The van der Waals surface area contributed by atoms with Gasteiger partial charge in [-0.05, 0) is 70.6 Å². The second-order valence-electron chi connectivity index (χ2n) is 16.6.